The molecular weight excluding hydrogens is 300 g/mol. The van der Waals surface area contributed by atoms with E-state index < -0.39 is 0 Å². The van der Waals surface area contributed by atoms with Gasteiger partial charge in [0.2, 0.25) is 0 Å². The van der Waals surface area contributed by atoms with Crippen molar-refractivity contribution in [2.24, 2.45) is 0 Å². The Kier molecular flexibility index (Phi) is 4.74. The molecule has 0 amide bonds. The average Bonchev–Trinajstić information content (AvgIpc) is 2.91. The van der Waals surface area contributed by atoms with Gasteiger partial charge in [0.15, 0.2) is 5.58 Å². The SMILES string of the molecule is O=c1oc2ccccc2n1C1CCN(C2CCCCCCC2)CC1. The van der Waals surface area contributed by atoms with Crippen LogP contribution in [0.25, 0.3) is 11.1 Å². The highest BCUT2D eigenvalue weighted by molar-refractivity contribution is 5.72. The van der Waals surface area contributed by atoms with Crippen LogP contribution in [0.3, 0.4) is 0 Å². The maximum absolute atomic E-state index is 12.3. The van der Waals surface area contributed by atoms with E-state index >= 15 is 0 Å². The molecule has 1 aliphatic heterocycles. The molecule has 130 valence electrons. The monoisotopic (exact) mass is 328 g/mol. The molecule has 2 aliphatic rings. The lowest BCUT2D eigenvalue weighted by Crippen LogP contribution is -2.43. The molecule has 1 aromatic carbocycles. The first-order valence-corrected chi connectivity index (χ1v) is 9.67. The predicted octanol–water partition coefficient (Wildman–Crippen LogP) is 4.34. The van der Waals surface area contributed by atoms with Gasteiger partial charge in [0.25, 0.3) is 0 Å². The van der Waals surface area contributed by atoms with E-state index in [1.54, 1.807) is 0 Å². The summed E-state index contributed by atoms with van der Waals surface area (Å²) in [6.45, 7) is 2.22. The van der Waals surface area contributed by atoms with E-state index in [0.29, 0.717) is 5.58 Å². The minimum atomic E-state index is -0.194. The van der Waals surface area contributed by atoms with Crippen LogP contribution in [0, 0.1) is 0 Å². The number of oxazole rings is 1. The van der Waals surface area contributed by atoms with Crippen molar-refractivity contribution in [2.75, 3.05) is 13.1 Å². The fourth-order valence-electron chi connectivity index (χ4n) is 4.64. The molecule has 0 bridgehead atoms. The molecule has 4 nitrogen and oxygen atoms in total. The number of hydrogen-bond donors (Lipinski definition) is 0. The second-order valence-electron chi connectivity index (χ2n) is 7.47. The molecule has 1 saturated carbocycles. The smallest absolute Gasteiger partial charge is 0.408 e. The number of nitrogens with zero attached hydrogens (tertiary/aromatic N) is 2. The summed E-state index contributed by atoms with van der Waals surface area (Å²) in [6.07, 6.45) is 11.8. The largest absolute Gasteiger partial charge is 0.420 e. The van der Waals surface area contributed by atoms with Crippen LogP contribution in [0.15, 0.2) is 33.5 Å². The van der Waals surface area contributed by atoms with E-state index in [2.05, 4.69) is 4.90 Å². The third-order valence-corrected chi connectivity index (χ3v) is 5.97. The van der Waals surface area contributed by atoms with Gasteiger partial charge in [-0.3, -0.25) is 4.57 Å². The van der Waals surface area contributed by atoms with Gasteiger partial charge < -0.3 is 9.32 Å². The van der Waals surface area contributed by atoms with E-state index in [1.807, 2.05) is 28.8 Å². The topological polar surface area (TPSA) is 38.4 Å². The summed E-state index contributed by atoms with van der Waals surface area (Å²) in [5, 5.41) is 0. The van der Waals surface area contributed by atoms with Gasteiger partial charge in [0.1, 0.15) is 0 Å². The van der Waals surface area contributed by atoms with Crippen LogP contribution >= 0.6 is 0 Å². The second kappa shape index (κ2) is 7.14. The Bertz CT molecular complexity index is 717. The molecule has 0 unspecified atom stereocenters. The van der Waals surface area contributed by atoms with Crippen molar-refractivity contribution in [3.05, 3.63) is 34.8 Å². The van der Waals surface area contributed by atoms with Crippen LogP contribution in [0.5, 0.6) is 0 Å². The number of hydrogen-bond acceptors (Lipinski definition) is 3. The first-order valence-electron chi connectivity index (χ1n) is 9.67. The summed E-state index contributed by atoms with van der Waals surface area (Å²) in [7, 11) is 0. The van der Waals surface area contributed by atoms with Gasteiger partial charge in [-0.15, -0.1) is 0 Å². The molecule has 0 radical (unpaired) electrons. The quantitative estimate of drug-likeness (QED) is 0.823. The van der Waals surface area contributed by atoms with E-state index in [9.17, 15) is 4.79 Å². The standard InChI is InChI=1S/C20H28N2O2/c23-20-22(18-10-6-7-11-19(18)24-20)17-12-14-21(15-13-17)16-8-4-2-1-3-5-9-16/h6-7,10-11,16-17H,1-5,8-9,12-15H2. The Morgan fingerprint density at radius 1 is 0.833 bits per heavy atom. The first kappa shape index (κ1) is 15.9. The molecule has 2 fully saturated rings. The van der Waals surface area contributed by atoms with Gasteiger partial charge in [-0.1, -0.05) is 44.2 Å². The minimum absolute atomic E-state index is 0.194. The summed E-state index contributed by atoms with van der Waals surface area (Å²) in [5.41, 5.74) is 1.66. The average molecular weight is 328 g/mol. The molecule has 4 rings (SSSR count). The number of benzene rings is 1. The summed E-state index contributed by atoms with van der Waals surface area (Å²) in [4.78, 5) is 15.0. The van der Waals surface area contributed by atoms with Gasteiger partial charge in [0, 0.05) is 25.2 Å². The molecule has 0 atom stereocenters. The van der Waals surface area contributed by atoms with Crippen molar-refractivity contribution in [1.29, 1.82) is 0 Å². The molecule has 0 spiro atoms. The highest BCUT2D eigenvalue weighted by atomic mass is 16.4. The van der Waals surface area contributed by atoms with Crippen molar-refractivity contribution in [2.45, 2.75) is 69.9 Å². The summed E-state index contributed by atoms with van der Waals surface area (Å²) in [6, 6.07) is 8.85. The van der Waals surface area contributed by atoms with Crippen LogP contribution in [0.1, 0.15) is 63.8 Å². The van der Waals surface area contributed by atoms with E-state index in [-0.39, 0.29) is 11.8 Å². The fourth-order valence-corrected chi connectivity index (χ4v) is 4.64. The van der Waals surface area contributed by atoms with Crippen LogP contribution < -0.4 is 5.76 Å². The lowest BCUT2D eigenvalue weighted by Gasteiger charge is -2.38. The van der Waals surface area contributed by atoms with Gasteiger partial charge in [-0.05, 0) is 37.8 Å². The van der Waals surface area contributed by atoms with Crippen molar-refractivity contribution in [3.8, 4) is 0 Å². The number of fused-ring (bicyclic) bond motifs is 1. The molecular formula is C20H28N2O2. The van der Waals surface area contributed by atoms with Crippen molar-refractivity contribution < 1.29 is 4.42 Å². The zero-order chi connectivity index (χ0) is 16.4. The second-order valence-corrected chi connectivity index (χ2v) is 7.47. The molecule has 1 aromatic heterocycles. The Hall–Kier alpha value is -1.55. The third-order valence-electron chi connectivity index (χ3n) is 5.97. The van der Waals surface area contributed by atoms with E-state index in [1.165, 1.54) is 44.9 Å². The van der Waals surface area contributed by atoms with Crippen LogP contribution in [0.4, 0.5) is 0 Å². The maximum Gasteiger partial charge on any atom is 0.420 e. The molecule has 4 heteroatoms. The van der Waals surface area contributed by atoms with E-state index in [4.69, 9.17) is 4.42 Å². The molecule has 1 saturated heterocycles. The van der Waals surface area contributed by atoms with Gasteiger partial charge in [-0.2, -0.15) is 0 Å². The maximum atomic E-state index is 12.3. The van der Waals surface area contributed by atoms with Gasteiger partial charge in [0.05, 0.1) is 5.52 Å². The first-order chi connectivity index (χ1) is 11.8. The highest BCUT2D eigenvalue weighted by Gasteiger charge is 2.28. The molecule has 0 N–H and O–H groups in total. The van der Waals surface area contributed by atoms with Crippen LogP contribution in [0.2, 0.25) is 0 Å². The molecule has 1 aliphatic carbocycles. The summed E-state index contributed by atoms with van der Waals surface area (Å²) >= 11 is 0. The number of para-hydroxylation sites is 2. The molecule has 24 heavy (non-hydrogen) atoms. The Labute approximate surface area is 143 Å². The fraction of sp³-hybridized carbons (Fsp3) is 0.650. The van der Waals surface area contributed by atoms with Crippen LogP contribution in [-0.4, -0.2) is 28.6 Å². The lowest BCUT2D eigenvalue weighted by atomic mass is 9.93. The van der Waals surface area contributed by atoms with Gasteiger partial charge >= 0.3 is 5.76 Å². The normalized spacial score (nSPS) is 22.5. The summed E-state index contributed by atoms with van der Waals surface area (Å²) in [5.74, 6) is -0.194. The highest BCUT2D eigenvalue weighted by Crippen LogP contribution is 2.29. The zero-order valence-corrected chi connectivity index (χ0v) is 14.5. The Balaban J connectivity index is 1.45. The predicted molar refractivity (Wildman–Crippen MR) is 96.4 cm³/mol. The Morgan fingerprint density at radius 3 is 2.25 bits per heavy atom. The number of aromatic nitrogens is 1. The zero-order valence-electron chi connectivity index (χ0n) is 14.5. The number of rotatable bonds is 2. The lowest BCUT2D eigenvalue weighted by molar-refractivity contribution is 0.115. The Morgan fingerprint density at radius 2 is 1.50 bits per heavy atom. The van der Waals surface area contributed by atoms with Crippen LogP contribution in [-0.2, 0) is 0 Å². The molecule has 2 aromatic rings. The van der Waals surface area contributed by atoms with Crippen molar-refractivity contribution in [1.82, 2.24) is 9.47 Å². The third kappa shape index (κ3) is 3.16. The number of piperidine rings is 1. The molecule has 2 heterocycles. The van der Waals surface area contributed by atoms with Crippen molar-refractivity contribution >= 4 is 11.1 Å². The van der Waals surface area contributed by atoms with Crippen molar-refractivity contribution in [3.63, 3.8) is 0 Å². The minimum Gasteiger partial charge on any atom is -0.408 e. The summed E-state index contributed by atoms with van der Waals surface area (Å²) < 4.78 is 7.31. The number of likely N-dealkylation sites (tertiary alicyclic amines) is 1. The van der Waals surface area contributed by atoms with Gasteiger partial charge in [-0.25, -0.2) is 4.79 Å². The van der Waals surface area contributed by atoms with E-state index in [0.717, 1.165) is 37.5 Å².